The van der Waals surface area contributed by atoms with Gasteiger partial charge in [-0.3, -0.25) is 14.8 Å². The first kappa shape index (κ1) is 12.2. The van der Waals surface area contributed by atoms with Crippen LogP contribution in [0.25, 0.3) is 16.6 Å². The van der Waals surface area contributed by atoms with E-state index < -0.39 is 11.2 Å². The summed E-state index contributed by atoms with van der Waals surface area (Å²) in [6.07, 6.45) is 1.68. The second kappa shape index (κ2) is 4.34. The first-order valence-corrected chi connectivity index (χ1v) is 5.98. The Morgan fingerprint density at radius 2 is 2.05 bits per heavy atom. The highest BCUT2D eigenvalue weighted by Gasteiger charge is 2.12. The molecular weight excluding hydrogens is 258 g/mol. The molecule has 2 N–H and O–H groups in total. The highest BCUT2D eigenvalue weighted by Crippen LogP contribution is 2.19. The Hall–Kier alpha value is -2.89. The summed E-state index contributed by atoms with van der Waals surface area (Å²) in [5.74, 6) is -0.359. The molecule has 0 aliphatic heterocycles. The van der Waals surface area contributed by atoms with Gasteiger partial charge < -0.3 is 5.11 Å². The van der Waals surface area contributed by atoms with Crippen LogP contribution in [-0.4, -0.2) is 19.6 Å². The van der Waals surface area contributed by atoms with Gasteiger partial charge in [-0.25, -0.2) is 9.36 Å². The zero-order valence-electron chi connectivity index (χ0n) is 10.6. The topological polar surface area (TPSA) is 88.0 Å². The van der Waals surface area contributed by atoms with Gasteiger partial charge in [-0.1, -0.05) is 6.07 Å². The number of hydrogen-bond donors (Lipinski definition) is 2. The first-order valence-electron chi connectivity index (χ1n) is 5.98. The molecule has 0 unspecified atom stereocenters. The maximum absolute atomic E-state index is 11.9. The minimum absolute atomic E-state index is 0.0934. The first-order chi connectivity index (χ1) is 9.58. The number of rotatable bonds is 1. The third-order valence-electron chi connectivity index (χ3n) is 3.16. The van der Waals surface area contributed by atoms with Crippen LogP contribution in [0.4, 0.5) is 0 Å². The zero-order chi connectivity index (χ0) is 14.3. The van der Waals surface area contributed by atoms with Gasteiger partial charge in [-0.2, -0.15) is 0 Å². The van der Waals surface area contributed by atoms with Gasteiger partial charge in [0, 0.05) is 11.6 Å². The summed E-state index contributed by atoms with van der Waals surface area (Å²) < 4.78 is 1.06. The highest BCUT2D eigenvalue weighted by atomic mass is 16.3. The molecule has 20 heavy (non-hydrogen) atoms. The zero-order valence-corrected chi connectivity index (χ0v) is 10.6. The number of nitrogens with one attached hydrogen (secondary N) is 1. The third kappa shape index (κ3) is 1.78. The molecule has 2 aromatic heterocycles. The van der Waals surface area contributed by atoms with Gasteiger partial charge in [0.2, 0.25) is 5.88 Å². The molecule has 2 heterocycles. The Labute approximate surface area is 113 Å². The normalized spacial score (nSPS) is 10.8. The van der Waals surface area contributed by atoms with Gasteiger partial charge >= 0.3 is 5.69 Å². The fourth-order valence-electron chi connectivity index (χ4n) is 2.05. The van der Waals surface area contributed by atoms with E-state index in [1.165, 1.54) is 6.92 Å². The smallest absolute Gasteiger partial charge is 0.335 e. The van der Waals surface area contributed by atoms with Gasteiger partial charge in [0.25, 0.3) is 5.56 Å². The minimum Gasteiger partial charge on any atom is -0.494 e. The van der Waals surface area contributed by atoms with Crippen LogP contribution >= 0.6 is 0 Å². The summed E-state index contributed by atoms with van der Waals surface area (Å²) in [4.78, 5) is 29.7. The van der Waals surface area contributed by atoms with Gasteiger partial charge in [0.05, 0.1) is 16.8 Å². The molecule has 3 aromatic rings. The van der Waals surface area contributed by atoms with Crippen LogP contribution in [0.15, 0.2) is 46.1 Å². The van der Waals surface area contributed by atoms with Gasteiger partial charge in [0.15, 0.2) is 0 Å². The largest absolute Gasteiger partial charge is 0.494 e. The maximum Gasteiger partial charge on any atom is 0.335 e. The van der Waals surface area contributed by atoms with Crippen molar-refractivity contribution in [2.75, 3.05) is 0 Å². The Kier molecular flexibility index (Phi) is 2.64. The summed E-state index contributed by atoms with van der Waals surface area (Å²) in [6.45, 7) is 1.45. The van der Waals surface area contributed by atoms with E-state index in [0.29, 0.717) is 5.69 Å². The number of hydrogen-bond acceptors (Lipinski definition) is 4. The lowest BCUT2D eigenvalue weighted by molar-refractivity contribution is 0.426. The molecule has 0 aliphatic carbocycles. The second-order valence-electron chi connectivity index (χ2n) is 4.42. The molecule has 6 heteroatoms. The van der Waals surface area contributed by atoms with E-state index in [4.69, 9.17) is 0 Å². The van der Waals surface area contributed by atoms with E-state index in [2.05, 4.69) is 9.97 Å². The summed E-state index contributed by atoms with van der Waals surface area (Å²) in [5, 5.41) is 10.8. The molecule has 0 fully saturated rings. The van der Waals surface area contributed by atoms with Crippen molar-refractivity contribution in [3.05, 3.63) is 62.9 Å². The Morgan fingerprint density at radius 1 is 1.25 bits per heavy atom. The van der Waals surface area contributed by atoms with Gasteiger partial charge in [-0.15, -0.1) is 0 Å². The summed E-state index contributed by atoms with van der Waals surface area (Å²) >= 11 is 0. The van der Waals surface area contributed by atoms with Crippen LogP contribution in [0.3, 0.4) is 0 Å². The number of aromatic hydroxyl groups is 1. The van der Waals surface area contributed by atoms with Crippen molar-refractivity contribution in [2.24, 2.45) is 0 Å². The molecule has 1 aromatic carbocycles. The van der Waals surface area contributed by atoms with Gasteiger partial charge in [0.1, 0.15) is 0 Å². The monoisotopic (exact) mass is 269 g/mol. The Morgan fingerprint density at radius 3 is 2.85 bits per heavy atom. The number of pyridine rings is 1. The fraction of sp³-hybridized carbons (Fsp3) is 0.0714. The molecular formula is C14H11N3O3. The van der Waals surface area contributed by atoms with Crippen molar-refractivity contribution >= 4 is 10.9 Å². The van der Waals surface area contributed by atoms with Crippen LogP contribution in [0, 0.1) is 6.92 Å². The van der Waals surface area contributed by atoms with Crippen molar-refractivity contribution in [1.82, 2.24) is 14.5 Å². The average Bonchev–Trinajstić information content (AvgIpc) is 2.45. The number of aromatic nitrogens is 3. The van der Waals surface area contributed by atoms with Crippen molar-refractivity contribution in [1.29, 1.82) is 0 Å². The summed E-state index contributed by atoms with van der Waals surface area (Å²) in [6, 6.07) is 8.77. The standard InChI is InChI=1S/C14H11N3O3/c1-8-12(18)16-14(20)17(13(8)19)10-4-5-11-9(7-10)3-2-6-15-11/h2-7,19H,1H3,(H,16,18,20). The lowest BCUT2D eigenvalue weighted by Crippen LogP contribution is -2.30. The predicted octanol–water partition coefficient (Wildman–Crippen LogP) is 1.09. The second-order valence-corrected chi connectivity index (χ2v) is 4.42. The molecule has 6 nitrogen and oxygen atoms in total. The lowest BCUT2D eigenvalue weighted by Gasteiger charge is -2.10. The Balaban J connectivity index is 2.34. The summed E-state index contributed by atoms with van der Waals surface area (Å²) in [7, 11) is 0. The number of H-pyrrole nitrogens is 1. The SMILES string of the molecule is Cc1c(O)n(-c2ccc3ncccc3c2)c(=O)[nH]c1=O. The van der Waals surface area contributed by atoms with Gasteiger partial charge in [-0.05, 0) is 31.2 Å². The van der Waals surface area contributed by atoms with Crippen LogP contribution in [-0.2, 0) is 0 Å². The van der Waals surface area contributed by atoms with Crippen molar-refractivity contribution in [3.8, 4) is 11.6 Å². The number of fused-ring (bicyclic) bond motifs is 1. The number of benzene rings is 1. The molecule has 100 valence electrons. The molecule has 0 amide bonds. The van der Waals surface area contributed by atoms with Crippen molar-refractivity contribution in [3.63, 3.8) is 0 Å². The van der Waals surface area contributed by atoms with E-state index in [1.807, 2.05) is 6.07 Å². The van der Waals surface area contributed by atoms with E-state index in [-0.39, 0.29) is 11.4 Å². The minimum atomic E-state index is -0.679. The van der Waals surface area contributed by atoms with Crippen molar-refractivity contribution in [2.45, 2.75) is 6.92 Å². The predicted molar refractivity (Wildman–Crippen MR) is 74.4 cm³/mol. The van der Waals surface area contributed by atoms with E-state index >= 15 is 0 Å². The van der Waals surface area contributed by atoms with Crippen LogP contribution < -0.4 is 11.2 Å². The molecule has 0 bridgehead atoms. The molecule has 0 atom stereocenters. The van der Waals surface area contributed by atoms with Crippen LogP contribution in [0.5, 0.6) is 5.88 Å². The van der Waals surface area contributed by atoms with Crippen LogP contribution in [0.2, 0.25) is 0 Å². The average molecular weight is 269 g/mol. The molecule has 0 saturated heterocycles. The van der Waals surface area contributed by atoms with Crippen LogP contribution in [0.1, 0.15) is 5.56 Å². The van der Waals surface area contributed by atoms with E-state index in [0.717, 1.165) is 15.5 Å². The molecule has 3 rings (SSSR count). The summed E-state index contributed by atoms with van der Waals surface area (Å²) in [5.41, 5.74) is 0.0701. The van der Waals surface area contributed by atoms with E-state index in [1.54, 1.807) is 30.5 Å². The lowest BCUT2D eigenvalue weighted by atomic mass is 10.2. The van der Waals surface area contributed by atoms with Crippen molar-refractivity contribution < 1.29 is 5.11 Å². The highest BCUT2D eigenvalue weighted by molar-refractivity contribution is 5.80. The van der Waals surface area contributed by atoms with E-state index in [9.17, 15) is 14.7 Å². The molecule has 0 radical (unpaired) electrons. The maximum atomic E-state index is 11.9. The molecule has 0 aliphatic rings. The number of aromatic amines is 1. The quantitative estimate of drug-likeness (QED) is 0.692. The number of nitrogens with zero attached hydrogens (tertiary/aromatic N) is 2. The molecule has 0 saturated carbocycles. The molecule has 0 spiro atoms. The Bertz CT molecular complexity index is 925. The third-order valence-corrected chi connectivity index (χ3v) is 3.16. The fourth-order valence-corrected chi connectivity index (χ4v) is 2.05.